The number of aromatic nitrogens is 2. The quantitative estimate of drug-likeness (QED) is 0.757. The van der Waals surface area contributed by atoms with E-state index in [0.717, 1.165) is 28.3 Å². The zero-order valence-electron chi connectivity index (χ0n) is 13.4. The summed E-state index contributed by atoms with van der Waals surface area (Å²) in [6.45, 7) is 0.461. The lowest BCUT2D eigenvalue weighted by Crippen LogP contribution is -2.34. The average molecular weight is 361 g/mol. The summed E-state index contributed by atoms with van der Waals surface area (Å²) >= 11 is 7.44. The normalized spacial score (nSPS) is 12.5. The lowest BCUT2D eigenvalue weighted by molar-refractivity contribution is 0.0942. The standard InChI is InChI=1S/C17H17ClN4OS/c1-22(2)16(12-5-3-4-6-13(12)18)10-19-17(23)11-7-8-14-15(9-11)21-24-20-14/h3-9,16H,10H2,1-2H3,(H,19,23)/t16-/m1/s1. The number of halogens is 1. The molecule has 0 aliphatic carbocycles. The van der Waals surface area contributed by atoms with E-state index in [-0.39, 0.29) is 11.9 Å². The maximum atomic E-state index is 12.4. The number of nitrogens with zero attached hydrogens (tertiary/aromatic N) is 3. The van der Waals surface area contributed by atoms with Crippen molar-refractivity contribution >= 4 is 40.3 Å². The summed E-state index contributed by atoms with van der Waals surface area (Å²) in [6, 6.07) is 13.0. The van der Waals surface area contributed by atoms with Crippen LogP contribution in [0.4, 0.5) is 0 Å². The molecule has 0 fully saturated rings. The zero-order chi connectivity index (χ0) is 17.1. The van der Waals surface area contributed by atoms with Crippen molar-refractivity contribution in [3.63, 3.8) is 0 Å². The predicted octanol–water partition coefficient (Wildman–Crippen LogP) is 3.38. The molecule has 7 heteroatoms. The minimum Gasteiger partial charge on any atom is -0.350 e. The topological polar surface area (TPSA) is 58.1 Å². The van der Waals surface area contributed by atoms with Crippen molar-refractivity contribution in [3.8, 4) is 0 Å². The third-order valence-corrected chi connectivity index (χ3v) is 4.76. The first-order valence-corrected chi connectivity index (χ1v) is 8.58. The SMILES string of the molecule is CN(C)[C@H](CNC(=O)c1ccc2nsnc2c1)c1ccccc1Cl. The zero-order valence-corrected chi connectivity index (χ0v) is 14.9. The minimum atomic E-state index is -0.135. The largest absolute Gasteiger partial charge is 0.350 e. The van der Waals surface area contributed by atoms with Crippen molar-refractivity contribution in [3.05, 3.63) is 58.6 Å². The van der Waals surface area contributed by atoms with Gasteiger partial charge in [0.2, 0.25) is 0 Å². The number of carbonyl (C=O) groups is 1. The Morgan fingerprint density at radius 3 is 2.71 bits per heavy atom. The van der Waals surface area contributed by atoms with Crippen molar-refractivity contribution in [1.29, 1.82) is 0 Å². The molecule has 0 saturated carbocycles. The molecule has 3 rings (SSSR count). The average Bonchev–Trinajstić information content (AvgIpc) is 3.03. The van der Waals surface area contributed by atoms with Gasteiger partial charge in [-0.25, -0.2) is 0 Å². The molecule has 1 N–H and O–H groups in total. The van der Waals surface area contributed by atoms with E-state index < -0.39 is 0 Å². The molecule has 0 saturated heterocycles. The van der Waals surface area contributed by atoms with Gasteiger partial charge in [-0.2, -0.15) is 8.75 Å². The van der Waals surface area contributed by atoms with Crippen LogP contribution < -0.4 is 5.32 Å². The first-order valence-electron chi connectivity index (χ1n) is 7.47. The smallest absolute Gasteiger partial charge is 0.251 e. The lowest BCUT2D eigenvalue weighted by atomic mass is 10.1. The van der Waals surface area contributed by atoms with E-state index >= 15 is 0 Å². The first-order chi connectivity index (χ1) is 11.6. The van der Waals surface area contributed by atoms with Gasteiger partial charge in [0.05, 0.1) is 17.8 Å². The number of rotatable bonds is 5. The Morgan fingerprint density at radius 2 is 1.96 bits per heavy atom. The van der Waals surface area contributed by atoms with E-state index in [2.05, 4.69) is 14.1 Å². The summed E-state index contributed by atoms with van der Waals surface area (Å²) in [7, 11) is 3.93. The number of carbonyl (C=O) groups excluding carboxylic acids is 1. The van der Waals surface area contributed by atoms with Crippen LogP contribution >= 0.6 is 23.3 Å². The van der Waals surface area contributed by atoms with Crippen molar-refractivity contribution in [2.45, 2.75) is 6.04 Å². The van der Waals surface area contributed by atoms with Crippen molar-refractivity contribution in [2.24, 2.45) is 0 Å². The van der Waals surface area contributed by atoms with Crippen LogP contribution in [0.15, 0.2) is 42.5 Å². The van der Waals surface area contributed by atoms with Gasteiger partial charge >= 0.3 is 0 Å². The van der Waals surface area contributed by atoms with Gasteiger partial charge in [-0.1, -0.05) is 29.8 Å². The molecule has 2 aromatic carbocycles. The molecule has 24 heavy (non-hydrogen) atoms. The summed E-state index contributed by atoms with van der Waals surface area (Å²) in [5.41, 5.74) is 3.11. The Kier molecular flexibility index (Phi) is 5.08. The van der Waals surface area contributed by atoms with Crippen molar-refractivity contribution in [1.82, 2.24) is 19.0 Å². The highest BCUT2D eigenvalue weighted by Crippen LogP contribution is 2.25. The van der Waals surface area contributed by atoms with E-state index in [0.29, 0.717) is 17.1 Å². The highest BCUT2D eigenvalue weighted by molar-refractivity contribution is 7.00. The van der Waals surface area contributed by atoms with Gasteiger partial charge in [0.25, 0.3) is 5.91 Å². The van der Waals surface area contributed by atoms with Gasteiger partial charge in [0.15, 0.2) is 0 Å². The van der Waals surface area contributed by atoms with Crippen LogP contribution in [0.5, 0.6) is 0 Å². The minimum absolute atomic E-state index is 0.00711. The van der Waals surface area contributed by atoms with Crippen LogP contribution in [-0.2, 0) is 0 Å². The lowest BCUT2D eigenvalue weighted by Gasteiger charge is -2.26. The Hall–Kier alpha value is -2.02. The second-order valence-electron chi connectivity index (χ2n) is 5.68. The van der Waals surface area contributed by atoms with Gasteiger partial charge in [0.1, 0.15) is 11.0 Å². The second-order valence-corrected chi connectivity index (χ2v) is 6.61. The number of fused-ring (bicyclic) bond motifs is 1. The molecule has 0 bridgehead atoms. The van der Waals surface area contributed by atoms with Crippen LogP contribution in [0.25, 0.3) is 11.0 Å². The number of nitrogens with one attached hydrogen (secondary N) is 1. The van der Waals surface area contributed by atoms with E-state index in [4.69, 9.17) is 11.6 Å². The summed E-state index contributed by atoms with van der Waals surface area (Å²) in [6.07, 6.45) is 0. The molecule has 1 aromatic heterocycles. The fourth-order valence-electron chi connectivity index (χ4n) is 2.53. The molecule has 3 aromatic rings. The Morgan fingerprint density at radius 1 is 1.21 bits per heavy atom. The highest BCUT2D eigenvalue weighted by Gasteiger charge is 2.18. The maximum absolute atomic E-state index is 12.4. The van der Waals surface area contributed by atoms with Gasteiger partial charge in [-0.15, -0.1) is 0 Å². The summed E-state index contributed by atoms with van der Waals surface area (Å²) in [5, 5.41) is 3.67. The molecule has 0 aliphatic heterocycles. The van der Waals surface area contributed by atoms with Crippen LogP contribution in [-0.4, -0.2) is 40.2 Å². The molecule has 0 unspecified atom stereocenters. The number of hydrogen-bond acceptors (Lipinski definition) is 5. The Balaban J connectivity index is 1.74. The summed E-state index contributed by atoms with van der Waals surface area (Å²) in [5.74, 6) is -0.135. The van der Waals surface area contributed by atoms with Crippen LogP contribution in [0.2, 0.25) is 5.02 Å². The molecule has 1 atom stereocenters. The monoisotopic (exact) mass is 360 g/mol. The van der Waals surface area contributed by atoms with Crippen LogP contribution in [0.1, 0.15) is 22.0 Å². The fraction of sp³-hybridized carbons (Fsp3) is 0.235. The van der Waals surface area contributed by atoms with Gasteiger partial charge in [0, 0.05) is 17.1 Å². The van der Waals surface area contributed by atoms with Gasteiger partial charge in [-0.3, -0.25) is 4.79 Å². The Bertz CT molecular complexity index is 864. The predicted molar refractivity (Wildman–Crippen MR) is 97.6 cm³/mol. The molecule has 0 aliphatic rings. The molecule has 5 nitrogen and oxygen atoms in total. The molecular weight excluding hydrogens is 344 g/mol. The van der Waals surface area contributed by atoms with E-state index in [1.165, 1.54) is 0 Å². The third kappa shape index (κ3) is 3.56. The molecule has 1 amide bonds. The third-order valence-electron chi connectivity index (χ3n) is 3.86. The second kappa shape index (κ2) is 7.25. The summed E-state index contributed by atoms with van der Waals surface area (Å²) in [4.78, 5) is 14.5. The van der Waals surface area contributed by atoms with E-state index in [1.807, 2.05) is 49.3 Å². The van der Waals surface area contributed by atoms with Gasteiger partial charge in [-0.05, 0) is 43.9 Å². The van der Waals surface area contributed by atoms with Gasteiger partial charge < -0.3 is 10.2 Å². The number of likely N-dealkylation sites (N-methyl/N-ethyl adjacent to an activating group) is 1. The number of benzene rings is 2. The van der Waals surface area contributed by atoms with Crippen LogP contribution in [0, 0.1) is 0 Å². The molecule has 1 heterocycles. The maximum Gasteiger partial charge on any atom is 0.251 e. The fourth-order valence-corrected chi connectivity index (χ4v) is 3.31. The van der Waals surface area contributed by atoms with Crippen molar-refractivity contribution in [2.75, 3.05) is 20.6 Å². The Labute approximate surface area is 149 Å². The molecule has 0 radical (unpaired) electrons. The van der Waals surface area contributed by atoms with Crippen LogP contribution in [0.3, 0.4) is 0 Å². The molecular formula is C17H17ClN4OS. The molecule has 0 spiro atoms. The van der Waals surface area contributed by atoms with E-state index in [9.17, 15) is 4.79 Å². The van der Waals surface area contributed by atoms with E-state index in [1.54, 1.807) is 12.1 Å². The summed E-state index contributed by atoms with van der Waals surface area (Å²) < 4.78 is 8.31. The first kappa shape index (κ1) is 16.8. The molecule has 124 valence electrons. The highest BCUT2D eigenvalue weighted by atomic mass is 35.5. The number of amides is 1. The number of hydrogen-bond donors (Lipinski definition) is 1. The van der Waals surface area contributed by atoms with Crippen molar-refractivity contribution < 1.29 is 4.79 Å².